The molecule has 1 amide bonds. The molecule has 0 fully saturated rings. The standard InChI is InChI=1S/C13H18FNO2/c1-3-15(7-4-8-16)13(17)11-6-5-10(2)9-12(11)14/h5-6,9,16H,3-4,7-8H2,1-2H3. The predicted molar refractivity (Wildman–Crippen MR) is 64.4 cm³/mol. The molecule has 0 aromatic heterocycles. The molecule has 0 radical (unpaired) electrons. The largest absolute Gasteiger partial charge is 0.396 e. The van der Waals surface area contributed by atoms with Crippen molar-refractivity contribution in [1.82, 2.24) is 4.90 Å². The van der Waals surface area contributed by atoms with Crippen molar-refractivity contribution in [3.63, 3.8) is 0 Å². The topological polar surface area (TPSA) is 40.5 Å². The summed E-state index contributed by atoms with van der Waals surface area (Å²) in [5, 5.41) is 8.74. The number of aliphatic hydroxyl groups excluding tert-OH is 1. The summed E-state index contributed by atoms with van der Waals surface area (Å²) in [6.45, 7) is 4.59. The van der Waals surface area contributed by atoms with Crippen molar-refractivity contribution in [2.75, 3.05) is 19.7 Å². The summed E-state index contributed by atoms with van der Waals surface area (Å²) in [6, 6.07) is 4.58. The Balaban J connectivity index is 2.86. The van der Waals surface area contributed by atoms with Gasteiger partial charge in [0.15, 0.2) is 0 Å². The van der Waals surface area contributed by atoms with E-state index >= 15 is 0 Å². The maximum atomic E-state index is 13.6. The van der Waals surface area contributed by atoms with E-state index in [1.807, 2.05) is 6.92 Å². The number of nitrogens with zero attached hydrogens (tertiary/aromatic N) is 1. The van der Waals surface area contributed by atoms with Crippen LogP contribution in [0.25, 0.3) is 0 Å². The number of hydrogen-bond donors (Lipinski definition) is 1. The molecule has 1 aromatic rings. The monoisotopic (exact) mass is 239 g/mol. The molecule has 0 aliphatic rings. The number of carbonyl (C=O) groups is 1. The highest BCUT2D eigenvalue weighted by atomic mass is 19.1. The van der Waals surface area contributed by atoms with E-state index in [9.17, 15) is 9.18 Å². The smallest absolute Gasteiger partial charge is 0.256 e. The van der Waals surface area contributed by atoms with Crippen molar-refractivity contribution in [2.45, 2.75) is 20.3 Å². The van der Waals surface area contributed by atoms with Crippen LogP contribution in [0.5, 0.6) is 0 Å². The zero-order valence-electron chi connectivity index (χ0n) is 10.2. The van der Waals surface area contributed by atoms with E-state index in [1.165, 1.54) is 17.0 Å². The zero-order chi connectivity index (χ0) is 12.8. The van der Waals surface area contributed by atoms with Crippen molar-refractivity contribution < 1.29 is 14.3 Å². The minimum Gasteiger partial charge on any atom is -0.396 e. The van der Waals surface area contributed by atoms with Gasteiger partial charge in [0.25, 0.3) is 5.91 Å². The maximum absolute atomic E-state index is 13.6. The highest BCUT2D eigenvalue weighted by Crippen LogP contribution is 2.12. The summed E-state index contributed by atoms with van der Waals surface area (Å²) in [5.74, 6) is -0.809. The third-order valence-electron chi connectivity index (χ3n) is 2.61. The van der Waals surface area contributed by atoms with Gasteiger partial charge < -0.3 is 10.0 Å². The van der Waals surface area contributed by atoms with E-state index in [2.05, 4.69) is 0 Å². The fourth-order valence-corrected chi connectivity index (χ4v) is 1.63. The number of hydrogen-bond acceptors (Lipinski definition) is 2. The van der Waals surface area contributed by atoms with Gasteiger partial charge in [-0.1, -0.05) is 6.07 Å². The minimum atomic E-state index is -0.488. The average molecular weight is 239 g/mol. The van der Waals surface area contributed by atoms with Gasteiger partial charge in [-0.3, -0.25) is 4.79 Å². The first-order valence-corrected chi connectivity index (χ1v) is 5.76. The second kappa shape index (κ2) is 6.35. The molecule has 4 heteroatoms. The van der Waals surface area contributed by atoms with Crippen molar-refractivity contribution in [1.29, 1.82) is 0 Å². The molecule has 1 aromatic carbocycles. The molecule has 0 unspecified atom stereocenters. The SMILES string of the molecule is CCN(CCCO)C(=O)c1ccc(C)cc1F. The van der Waals surface area contributed by atoms with Crippen molar-refractivity contribution in [2.24, 2.45) is 0 Å². The fraction of sp³-hybridized carbons (Fsp3) is 0.462. The van der Waals surface area contributed by atoms with Gasteiger partial charge in [0.05, 0.1) is 5.56 Å². The summed E-state index contributed by atoms with van der Waals surface area (Å²) >= 11 is 0. The third-order valence-corrected chi connectivity index (χ3v) is 2.61. The van der Waals surface area contributed by atoms with Crippen LogP contribution in [0.4, 0.5) is 4.39 Å². The second-order valence-corrected chi connectivity index (χ2v) is 3.95. The lowest BCUT2D eigenvalue weighted by Gasteiger charge is -2.20. The van der Waals surface area contributed by atoms with Crippen LogP contribution in [0, 0.1) is 12.7 Å². The predicted octanol–water partition coefficient (Wildman–Crippen LogP) is 1.98. The van der Waals surface area contributed by atoms with Crippen molar-refractivity contribution in [3.8, 4) is 0 Å². The van der Waals surface area contributed by atoms with E-state index in [4.69, 9.17) is 5.11 Å². The Bertz CT molecular complexity index is 393. The summed E-state index contributed by atoms with van der Waals surface area (Å²) in [4.78, 5) is 13.5. The summed E-state index contributed by atoms with van der Waals surface area (Å²) in [6.07, 6.45) is 0.507. The number of aliphatic hydroxyl groups is 1. The van der Waals surface area contributed by atoms with Gasteiger partial charge in [-0.15, -0.1) is 0 Å². The molecular formula is C13H18FNO2. The summed E-state index contributed by atoms with van der Waals surface area (Å²) in [5.41, 5.74) is 0.882. The first kappa shape index (κ1) is 13.6. The molecule has 17 heavy (non-hydrogen) atoms. The van der Waals surface area contributed by atoms with Crippen LogP contribution in [0.15, 0.2) is 18.2 Å². The normalized spacial score (nSPS) is 10.4. The molecule has 0 spiro atoms. The molecule has 0 aliphatic heterocycles. The Morgan fingerprint density at radius 1 is 1.47 bits per heavy atom. The fourth-order valence-electron chi connectivity index (χ4n) is 1.63. The van der Waals surface area contributed by atoms with Crippen molar-refractivity contribution in [3.05, 3.63) is 35.1 Å². The summed E-state index contributed by atoms with van der Waals surface area (Å²) in [7, 11) is 0. The third kappa shape index (κ3) is 3.53. The van der Waals surface area contributed by atoms with E-state index < -0.39 is 5.82 Å². The first-order chi connectivity index (χ1) is 8.10. The molecular weight excluding hydrogens is 221 g/mol. The number of aryl methyl sites for hydroxylation is 1. The number of benzene rings is 1. The Morgan fingerprint density at radius 3 is 2.71 bits per heavy atom. The van der Waals surface area contributed by atoms with E-state index in [1.54, 1.807) is 13.0 Å². The highest BCUT2D eigenvalue weighted by molar-refractivity contribution is 5.94. The van der Waals surface area contributed by atoms with Crippen LogP contribution >= 0.6 is 0 Å². The lowest BCUT2D eigenvalue weighted by Crippen LogP contribution is -2.32. The Morgan fingerprint density at radius 2 is 2.18 bits per heavy atom. The van der Waals surface area contributed by atoms with Crippen LogP contribution in [-0.2, 0) is 0 Å². The van der Waals surface area contributed by atoms with Gasteiger partial charge >= 0.3 is 0 Å². The van der Waals surface area contributed by atoms with Gasteiger partial charge in [-0.2, -0.15) is 0 Å². The lowest BCUT2D eigenvalue weighted by molar-refractivity contribution is 0.0749. The van der Waals surface area contributed by atoms with Gasteiger partial charge in [0, 0.05) is 19.7 Å². The Hall–Kier alpha value is -1.42. The van der Waals surface area contributed by atoms with Crippen LogP contribution in [0.3, 0.4) is 0 Å². The Labute approximate surface area is 101 Å². The molecule has 0 saturated heterocycles. The lowest BCUT2D eigenvalue weighted by atomic mass is 10.1. The van der Waals surface area contributed by atoms with Gasteiger partial charge in [-0.25, -0.2) is 4.39 Å². The van der Waals surface area contributed by atoms with Crippen LogP contribution in [0.1, 0.15) is 29.3 Å². The number of halogens is 1. The Kier molecular flexibility index (Phi) is 5.10. The molecule has 0 heterocycles. The number of rotatable bonds is 5. The number of carbonyl (C=O) groups excluding carboxylic acids is 1. The van der Waals surface area contributed by atoms with Crippen molar-refractivity contribution >= 4 is 5.91 Å². The second-order valence-electron chi connectivity index (χ2n) is 3.95. The van der Waals surface area contributed by atoms with Gasteiger partial charge in [0.1, 0.15) is 5.82 Å². The maximum Gasteiger partial charge on any atom is 0.256 e. The van der Waals surface area contributed by atoms with Gasteiger partial charge in [-0.05, 0) is 38.0 Å². The van der Waals surface area contributed by atoms with Gasteiger partial charge in [0.2, 0.25) is 0 Å². The van der Waals surface area contributed by atoms with E-state index in [-0.39, 0.29) is 18.1 Å². The molecule has 1 rings (SSSR count). The number of amides is 1. The average Bonchev–Trinajstić information content (AvgIpc) is 2.29. The molecule has 0 aliphatic carbocycles. The molecule has 0 bridgehead atoms. The van der Waals surface area contributed by atoms with Crippen LogP contribution in [-0.4, -0.2) is 35.6 Å². The van der Waals surface area contributed by atoms with E-state index in [0.29, 0.717) is 19.5 Å². The highest BCUT2D eigenvalue weighted by Gasteiger charge is 2.17. The molecule has 0 atom stereocenters. The van der Waals surface area contributed by atoms with Crippen LogP contribution in [0.2, 0.25) is 0 Å². The quantitative estimate of drug-likeness (QED) is 0.853. The molecule has 3 nitrogen and oxygen atoms in total. The van der Waals surface area contributed by atoms with Crippen LogP contribution < -0.4 is 0 Å². The zero-order valence-corrected chi connectivity index (χ0v) is 10.2. The molecule has 0 saturated carbocycles. The minimum absolute atomic E-state index is 0.0279. The first-order valence-electron chi connectivity index (χ1n) is 5.76. The van der Waals surface area contributed by atoms with E-state index in [0.717, 1.165) is 5.56 Å². The summed E-state index contributed by atoms with van der Waals surface area (Å²) < 4.78 is 13.6. The molecule has 94 valence electrons. The molecule has 1 N–H and O–H groups in total.